The van der Waals surface area contributed by atoms with Gasteiger partial charge in [-0.3, -0.25) is 14.6 Å². The summed E-state index contributed by atoms with van der Waals surface area (Å²) in [6.45, 7) is 4.55. The highest BCUT2D eigenvalue weighted by molar-refractivity contribution is 5.89. The summed E-state index contributed by atoms with van der Waals surface area (Å²) < 4.78 is 19.1. The van der Waals surface area contributed by atoms with Crippen molar-refractivity contribution >= 4 is 11.8 Å². The number of benzene rings is 1. The van der Waals surface area contributed by atoms with Crippen molar-refractivity contribution in [3.63, 3.8) is 0 Å². The molecular formula is C28H36FN3O3. The normalized spacial score (nSPS) is 20.3. The van der Waals surface area contributed by atoms with Gasteiger partial charge >= 0.3 is 0 Å². The van der Waals surface area contributed by atoms with Crippen molar-refractivity contribution < 1.29 is 18.7 Å². The van der Waals surface area contributed by atoms with E-state index >= 15 is 0 Å². The Hall–Kier alpha value is -2.96. The van der Waals surface area contributed by atoms with Crippen LogP contribution in [0.5, 0.6) is 11.5 Å². The zero-order chi connectivity index (χ0) is 24.8. The van der Waals surface area contributed by atoms with Gasteiger partial charge in [-0.1, -0.05) is 33.1 Å². The zero-order valence-corrected chi connectivity index (χ0v) is 20.7. The topological polar surface area (TPSA) is 71.5 Å². The molecule has 2 amide bonds. The third-order valence-electron chi connectivity index (χ3n) is 7.42. The van der Waals surface area contributed by atoms with Gasteiger partial charge in [0.1, 0.15) is 23.4 Å². The van der Waals surface area contributed by atoms with Crippen LogP contribution in [0.4, 0.5) is 4.39 Å². The van der Waals surface area contributed by atoms with Crippen LogP contribution >= 0.6 is 0 Å². The lowest BCUT2D eigenvalue weighted by Gasteiger charge is -2.35. The molecule has 4 rings (SSSR count). The molecule has 0 unspecified atom stereocenters. The molecule has 7 heteroatoms. The molecule has 3 atom stereocenters. The number of amides is 2. The predicted octanol–water partition coefficient (Wildman–Crippen LogP) is 5.79. The Morgan fingerprint density at radius 2 is 1.83 bits per heavy atom. The van der Waals surface area contributed by atoms with E-state index in [-0.39, 0.29) is 35.5 Å². The van der Waals surface area contributed by atoms with Crippen molar-refractivity contribution in [1.29, 1.82) is 0 Å². The maximum absolute atomic E-state index is 13.9. The fourth-order valence-corrected chi connectivity index (χ4v) is 5.16. The summed E-state index contributed by atoms with van der Waals surface area (Å²) in [6.07, 6.45) is 9.45. The number of carbonyl (C=O) groups is 2. The van der Waals surface area contributed by atoms with Crippen LogP contribution in [0.15, 0.2) is 42.6 Å². The SMILES string of the molecule is CC[C@@H](C)C(=O)N[C@H](C(=O)N1CCC[C@H]1c1cc(Oc2ccc(F)cc2)ccn1)C1CCCCC1. The first-order valence-electron chi connectivity index (χ1n) is 13.0. The lowest BCUT2D eigenvalue weighted by molar-refractivity contribution is -0.140. The van der Waals surface area contributed by atoms with Crippen LogP contribution in [0.25, 0.3) is 0 Å². The molecule has 2 aliphatic rings. The number of likely N-dealkylation sites (tertiary alicyclic amines) is 1. The van der Waals surface area contributed by atoms with E-state index in [0.29, 0.717) is 18.0 Å². The van der Waals surface area contributed by atoms with Crippen molar-refractivity contribution in [3.8, 4) is 11.5 Å². The summed E-state index contributed by atoms with van der Waals surface area (Å²) >= 11 is 0. The molecular weight excluding hydrogens is 445 g/mol. The molecule has 1 aromatic carbocycles. The fraction of sp³-hybridized carbons (Fsp3) is 0.536. The molecule has 1 saturated heterocycles. The van der Waals surface area contributed by atoms with E-state index in [1.54, 1.807) is 24.4 Å². The van der Waals surface area contributed by atoms with E-state index in [1.165, 1.54) is 18.6 Å². The largest absolute Gasteiger partial charge is 0.457 e. The van der Waals surface area contributed by atoms with Gasteiger partial charge in [-0.15, -0.1) is 0 Å². The monoisotopic (exact) mass is 481 g/mol. The lowest BCUT2D eigenvalue weighted by Crippen LogP contribution is -2.53. The van der Waals surface area contributed by atoms with Crippen molar-refractivity contribution in [2.75, 3.05) is 6.54 Å². The fourth-order valence-electron chi connectivity index (χ4n) is 5.16. The van der Waals surface area contributed by atoms with Crippen LogP contribution in [0.1, 0.15) is 76.9 Å². The number of nitrogens with one attached hydrogen (secondary N) is 1. The van der Waals surface area contributed by atoms with E-state index in [0.717, 1.165) is 50.6 Å². The van der Waals surface area contributed by atoms with Crippen LogP contribution in [0.2, 0.25) is 0 Å². The van der Waals surface area contributed by atoms with Crippen LogP contribution in [-0.4, -0.2) is 34.3 Å². The standard InChI is InChI=1S/C28H36FN3O3/c1-3-19(2)27(33)31-26(20-8-5-4-6-9-20)28(34)32-17-7-10-25(32)24-18-23(15-16-30-24)35-22-13-11-21(29)12-14-22/h11-16,18-20,25-26H,3-10,17H2,1-2H3,(H,31,33)/t19-,25+,26+/m1/s1. The Balaban J connectivity index is 1.53. The van der Waals surface area contributed by atoms with Crippen molar-refractivity contribution in [2.24, 2.45) is 11.8 Å². The zero-order valence-electron chi connectivity index (χ0n) is 20.7. The third-order valence-corrected chi connectivity index (χ3v) is 7.42. The maximum Gasteiger partial charge on any atom is 0.246 e. The average molecular weight is 482 g/mol. The van der Waals surface area contributed by atoms with E-state index in [1.807, 2.05) is 24.8 Å². The Morgan fingerprint density at radius 3 is 2.54 bits per heavy atom. The van der Waals surface area contributed by atoms with Crippen LogP contribution in [0, 0.1) is 17.7 Å². The minimum absolute atomic E-state index is 0.00251. The molecule has 6 nitrogen and oxygen atoms in total. The highest BCUT2D eigenvalue weighted by atomic mass is 19.1. The number of hydrogen-bond acceptors (Lipinski definition) is 4. The number of rotatable bonds is 8. The molecule has 1 aliphatic carbocycles. The lowest BCUT2D eigenvalue weighted by atomic mass is 9.83. The number of aromatic nitrogens is 1. The summed E-state index contributed by atoms with van der Waals surface area (Å²) in [5.74, 6) is 0.822. The second-order valence-corrected chi connectivity index (χ2v) is 9.86. The molecule has 1 saturated carbocycles. The van der Waals surface area contributed by atoms with Gasteiger partial charge in [0.05, 0.1) is 11.7 Å². The molecule has 2 aromatic rings. The average Bonchev–Trinajstić information content (AvgIpc) is 3.38. The smallest absolute Gasteiger partial charge is 0.246 e. The first-order chi connectivity index (χ1) is 17.0. The van der Waals surface area contributed by atoms with Gasteiger partial charge in [-0.2, -0.15) is 0 Å². The van der Waals surface area contributed by atoms with Crippen LogP contribution in [-0.2, 0) is 9.59 Å². The van der Waals surface area contributed by atoms with Gasteiger partial charge in [0, 0.05) is 24.7 Å². The summed E-state index contributed by atoms with van der Waals surface area (Å²) in [5.41, 5.74) is 0.770. The van der Waals surface area contributed by atoms with E-state index in [9.17, 15) is 14.0 Å². The Morgan fingerprint density at radius 1 is 1.09 bits per heavy atom. The number of carbonyl (C=O) groups excluding carboxylic acids is 2. The van der Waals surface area contributed by atoms with Gasteiger partial charge in [-0.05, 0) is 68.4 Å². The van der Waals surface area contributed by atoms with E-state index in [4.69, 9.17) is 4.74 Å². The van der Waals surface area contributed by atoms with Crippen molar-refractivity contribution in [1.82, 2.24) is 15.2 Å². The molecule has 1 aliphatic heterocycles. The van der Waals surface area contributed by atoms with E-state index < -0.39 is 6.04 Å². The maximum atomic E-state index is 13.9. The molecule has 1 aromatic heterocycles. The molecule has 0 radical (unpaired) electrons. The quantitative estimate of drug-likeness (QED) is 0.518. The number of hydrogen-bond donors (Lipinski definition) is 1. The molecule has 188 valence electrons. The third kappa shape index (κ3) is 6.19. The van der Waals surface area contributed by atoms with Gasteiger partial charge in [-0.25, -0.2) is 4.39 Å². The number of nitrogens with zero attached hydrogens (tertiary/aromatic N) is 2. The van der Waals surface area contributed by atoms with Gasteiger partial charge in [0.25, 0.3) is 0 Å². The second-order valence-electron chi connectivity index (χ2n) is 9.86. The Kier molecular flexibility index (Phi) is 8.37. The number of ether oxygens (including phenoxy) is 1. The number of pyridine rings is 1. The molecule has 35 heavy (non-hydrogen) atoms. The summed E-state index contributed by atoms with van der Waals surface area (Å²) in [7, 11) is 0. The Labute approximate surface area is 207 Å². The van der Waals surface area contributed by atoms with Crippen molar-refractivity contribution in [3.05, 3.63) is 54.1 Å². The summed E-state index contributed by atoms with van der Waals surface area (Å²) in [6, 6.07) is 8.83. The highest BCUT2D eigenvalue weighted by Gasteiger charge is 2.39. The molecule has 0 spiro atoms. The summed E-state index contributed by atoms with van der Waals surface area (Å²) in [5, 5.41) is 3.13. The molecule has 0 bridgehead atoms. The first-order valence-corrected chi connectivity index (χ1v) is 13.0. The van der Waals surface area contributed by atoms with E-state index in [2.05, 4.69) is 10.3 Å². The molecule has 2 heterocycles. The molecule has 2 fully saturated rings. The van der Waals surface area contributed by atoms with Gasteiger partial charge in [0.15, 0.2) is 0 Å². The van der Waals surface area contributed by atoms with Gasteiger partial charge in [0.2, 0.25) is 11.8 Å². The minimum atomic E-state index is -0.490. The highest BCUT2D eigenvalue weighted by Crippen LogP contribution is 2.36. The Bertz CT molecular complexity index is 1010. The van der Waals surface area contributed by atoms with Gasteiger partial charge < -0.3 is 15.0 Å². The van der Waals surface area contributed by atoms with Crippen LogP contribution in [0.3, 0.4) is 0 Å². The molecule has 1 N–H and O–H groups in total. The van der Waals surface area contributed by atoms with Crippen molar-refractivity contribution in [2.45, 2.75) is 77.3 Å². The summed E-state index contributed by atoms with van der Waals surface area (Å²) in [4.78, 5) is 33.2. The first kappa shape index (κ1) is 25.1. The van der Waals surface area contributed by atoms with Crippen LogP contribution < -0.4 is 10.1 Å². The number of halogens is 1. The minimum Gasteiger partial charge on any atom is -0.457 e. The predicted molar refractivity (Wildman–Crippen MR) is 132 cm³/mol. The second kappa shape index (κ2) is 11.6.